The molecule has 4 heterocycles. The normalized spacial score (nSPS) is 25.4. The molecule has 0 unspecified atom stereocenters. The number of alkyl halides is 2. The number of allylic oxidation sites excluding steroid dienone is 2. The van der Waals surface area contributed by atoms with E-state index in [2.05, 4.69) is 9.97 Å². The van der Waals surface area contributed by atoms with Gasteiger partial charge in [0.1, 0.15) is 36.4 Å². The van der Waals surface area contributed by atoms with Crippen LogP contribution in [0.15, 0.2) is 35.9 Å². The number of carboxylic acid groups (broad SMARTS) is 2. The second-order valence-corrected chi connectivity index (χ2v) is 14.2. The van der Waals surface area contributed by atoms with Gasteiger partial charge in [-0.15, -0.1) is 23.2 Å². The number of H-pyrrole nitrogens is 2. The summed E-state index contributed by atoms with van der Waals surface area (Å²) < 4.78 is 0. The van der Waals surface area contributed by atoms with Crippen LogP contribution in [0.3, 0.4) is 0 Å². The van der Waals surface area contributed by atoms with Gasteiger partial charge in [-0.25, -0.2) is 9.59 Å². The van der Waals surface area contributed by atoms with E-state index in [1.54, 1.807) is 9.80 Å². The lowest BCUT2D eigenvalue weighted by atomic mass is 9.31. The average molecular weight is 674 g/mol. The molecule has 2 atom stereocenters. The van der Waals surface area contributed by atoms with Crippen molar-refractivity contribution >= 4 is 80.2 Å². The average Bonchev–Trinajstić information content (AvgIpc) is 3.72. The summed E-state index contributed by atoms with van der Waals surface area (Å²) >= 11 is 12.8. The van der Waals surface area contributed by atoms with Crippen LogP contribution in [-0.4, -0.2) is 68.9 Å². The van der Waals surface area contributed by atoms with Crippen LogP contribution in [0.25, 0.3) is 21.8 Å². The highest BCUT2D eigenvalue weighted by molar-refractivity contribution is 6.20. The van der Waals surface area contributed by atoms with Crippen LogP contribution in [0.1, 0.15) is 64.5 Å². The standard InChI is InChI=1S/C35H30Cl2N4O6/c1-16-7-38-32-20(3-22-30(28(16)32)18(5-36)24(11-42)40(22)9-26(44)45)34-13-35(14-34,15-34)21-4-23-31(29-17(2)8-39-33(21)29)19(6-37)25(12-43)41(23)10-27(46)47/h3-4,7-8,18-19,38-39H,5-6,9-10,13-15H2,1-2H3,(H,44,45)(H,46,47)/t18-,19-,34?,35?/m1/s1. The van der Waals surface area contributed by atoms with Crippen LogP contribution in [0, 0.1) is 13.8 Å². The summed E-state index contributed by atoms with van der Waals surface area (Å²) in [5, 5.41) is 21.4. The molecule has 5 aliphatic rings. The Morgan fingerprint density at radius 1 is 0.787 bits per heavy atom. The third-order valence-corrected chi connectivity index (χ3v) is 11.8. The highest BCUT2D eigenvalue weighted by Crippen LogP contribution is 2.76. The highest BCUT2D eigenvalue weighted by atomic mass is 35.5. The minimum atomic E-state index is -1.06. The van der Waals surface area contributed by atoms with Crippen molar-refractivity contribution in [2.24, 2.45) is 0 Å². The van der Waals surface area contributed by atoms with Crippen LogP contribution in [-0.2, 0) is 30.0 Å². The number of aliphatic carboxylic acids is 2. The fourth-order valence-corrected chi connectivity index (χ4v) is 10.0. The molecule has 0 amide bonds. The lowest BCUT2D eigenvalue weighted by Gasteiger charge is -2.71. The number of anilines is 2. The van der Waals surface area contributed by atoms with E-state index in [0.717, 1.165) is 74.4 Å². The summed E-state index contributed by atoms with van der Waals surface area (Å²) in [5.74, 6) is 1.17. The fourth-order valence-electron chi connectivity index (χ4n) is 9.41. The first-order chi connectivity index (χ1) is 22.5. The Labute approximate surface area is 278 Å². The van der Waals surface area contributed by atoms with Crippen molar-refractivity contribution in [2.45, 2.75) is 55.8 Å². The van der Waals surface area contributed by atoms with Crippen molar-refractivity contribution in [1.29, 1.82) is 0 Å². The van der Waals surface area contributed by atoms with E-state index in [9.17, 15) is 29.4 Å². The first-order valence-corrected chi connectivity index (χ1v) is 16.5. The SMILES string of the molecule is Cc1c[nH]c2c(C34CC(c5cc6c(c7c(C)c[nH]c57)[C@H](CCl)C(=C=O)N6CC(=O)O)(C3)C4)cc3c(c12)[C@H](CCl)C(=C=O)N3CC(=O)O. The number of carbonyl (C=O) groups is 2. The smallest absolute Gasteiger partial charge is 0.323 e. The van der Waals surface area contributed by atoms with Gasteiger partial charge in [0.15, 0.2) is 0 Å². The monoisotopic (exact) mass is 672 g/mol. The first-order valence-electron chi connectivity index (χ1n) is 15.4. The number of aromatic nitrogens is 2. The molecule has 0 saturated heterocycles. The number of nitrogens with one attached hydrogen (secondary N) is 2. The number of carbonyl (C=O) groups excluding carboxylic acids is 2. The number of fused-ring (bicyclic) bond motifs is 6. The second kappa shape index (κ2) is 10.0. The number of aromatic amines is 2. The van der Waals surface area contributed by atoms with Crippen molar-refractivity contribution in [2.75, 3.05) is 34.6 Å². The number of nitrogens with zero attached hydrogens (tertiary/aromatic N) is 2. The van der Waals surface area contributed by atoms with E-state index in [1.807, 2.05) is 50.3 Å². The molecular formula is C35H30Cl2N4O6. The van der Waals surface area contributed by atoms with E-state index in [1.165, 1.54) is 0 Å². The van der Waals surface area contributed by atoms with E-state index in [0.29, 0.717) is 11.4 Å². The maximum absolute atomic E-state index is 12.2. The molecule has 4 aromatic rings. The predicted molar refractivity (Wildman–Crippen MR) is 179 cm³/mol. The molecule has 2 bridgehead atoms. The van der Waals surface area contributed by atoms with Gasteiger partial charge in [0.05, 0.1) is 11.8 Å². The van der Waals surface area contributed by atoms with Crippen molar-refractivity contribution in [3.8, 4) is 0 Å². The Hall–Kier alpha value is -4.46. The van der Waals surface area contributed by atoms with E-state index < -0.39 is 23.8 Å². The molecular weight excluding hydrogens is 643 g/mol. The zero-order valence-electron chi connectivity index (χ0n) is 25.6. The van der Waals surface area contributed by atoms with E-state index in [4.69, 9.17) is 23.2 Å². The number of carboxylic acids is 2. The van der Waals surface area contributed by atoms with Gasteiger partial charge in [0, 0.05) is 68.2 Å². The van der Waals surface area contributed by atoms with Crippen molar-refractivity contribution < 1.29 is 29.4 Å². The van der Waals surface area contributed by atoms with Crippen LogP contribution in [0.2, 0.25) is 0 Å². The molecule has 240 valence electrons. The lowest BCUT2D eigenvalue weighted by molar-refractivity contribution is -0.136. The molecule has 3 saturated carbocycles. The van der Waals surface area contributed by atoms with Crippen LogP contribution >= 0.6 is 23.2 Å². The van der Waals surface area contributed by atoms with E-state index >= 15 is 0 Å². The summed E-state index contributed by atoms with van der Waals surface area (Å²) in [5.41, 5.74) is 9.26. The molecule has 2 aliphatic heterocycles. The third kappa shape index (κ3) is 3.75. The molecule has 10 nitrogen and oxygen atoms in total. The van der Waals surface area contributed by atoms with Crippen molar-refractivity contribution in [3.05, 3.63) is 69.3 Å². The molecule has 3 fully saturated rings. The quantitative estimate of drug-likeness (QED) is 0.141. The summed E-state index contributed by atoms with van der Waals surface area (Å²) in [6.07, 6.45) is 6.35. The van der Waals surface area contributed by atoms with Crippen LogP contribution < -0.4 is 9.80 Å². The molecule has 9 rings (SSSR count). The molecule has 47 heavy (non-hydrogen) atoms. The van der Waals surface area contributed by atoms with Gasteiger partial charge in [-0.05, 0) is 78.6 Å². The van der Waals surface area contributed by atoms with E-state index in [-0.39, 0.29) is 47.1 Å². The zero-order valence-corrected chi connectivity index (χ0v) is 27.1. The number of hydrogen-bond acceptors (Lipinski definition) is 6. The summed E-state index contributed by atoms with van der Waals surface area (Å²) in [6.45, 7) is 3.25. The topological polar surface area (TPSA) is 147 Å². The number of hydrogen-bond donors (Lipinski definition) is 4. The Balaban J connectivity index is 1.26. The molecule has 12 heteroatoms. The Bertz CT molecular complexity index is 2030. The molecule has 0 spiro atoms. The van der Waals surface area contributed by atoms with Gasteiger partial charge in [-0.1, -0.05) is 0 Å². The summed E-state index contributed by atoms with van der Waals surface area (Å²) in [6, 6.07) is 4.09. The van der Waals surface area contributed by atoms with Gasteiger partial charge in [0.25, 0.3) is 0 Å². The summed E-state index contributed by atoms with van der Waals surface area (Å²) in [7, 11) is 0. The first kappa shape index (κ1) is 29.9. The number of aryl methyl sites for hydroxylation is 2. The van der Waals surface area contributed by atoms with Crippen molar-refractivity contribution in [3.63, 3.8) is 0 Å². The third-order valence-electron chi connectivity index (χ3n) is 11.1. The van der Waals surface area contributed by atoms with Gasteiger partial charge in [-0.3, -0.25) is 9.59 Å². The lowest BCUT2D eigenvalue weighted by Crippen LogP contribution is -2.67. The predicted octanol–water partition coefficient (Wildman–Crippen LogP) is 5.52. The van der Waals surface area contributed by atoms with Gasteiger partial charge in [-0.2, -0.15) is 0 Å². The van der Waals surface area contributed by atoms with Gasteiger partial charge >= 0.3 is 11.9 Å². The Kier molecular flexibility index (Phi) is 6.38. The molecule has 2 aromatic carbocycles. The highest BCUT2D eigenvalue weighted by Gasteiger charge is 2.70. The molecule has 3 aliphatic carbocycles. The number of rotatable bonds is 8. The maximum Gasteiger partial charge on any atom is 0.323 e. The van der Waals surface area contributed by atoms with Gasteiger partial charge < -0.3 is 30.0 Å². The molecule has 0 radical (unpaired) electrons. The zero-order chi connectivity index (χ0) is 33.2. The largest absolute Gasteiger partial charge is 0.480 e. The fraction of sp³-hybridized carbons (Fsp3) is 0.371. The maximum atomic E-state index is 12.2. The number of benzene rings is 2. The van der Waals surface area contributed by atoms with Gasteiger partial charge in [0.2, 0.25) is 0 Å². The van der Waals surface area contributed by atoms with Crippen LogP contribution in [0.4, 0.5) is 11.4 Å². The second-order valence-electron chi connectivity index (χ2n) is 13.6. The Morgan fingerprint density at radius 2 is 1.17 bits per heavy atom. The minimum Gasteiger partial charge on any atom is -0.480 e. The Morgan fingerprint density at radius 3 is 1.49 bits per heavy atom. The number of halogens is 2. The molecule has 2 aromatic heterocycles. The van der Waals surface area contributed by atoms with Crippen molar-refractivity contribution in [1.82, 2.24) is 9.97 Å². The molecule has 4 N–H and O–H groups in total. The van der Waals surface area contributed by atoms with Crippen LogP contribution in [0.5, 0.6) is 0 Å². The summed E-state index contributed by atoms with van der Waals surface area (Å²) in [4.78, 5) is 58.2. The minimum absolute atomic E-state index is 0.120.